The first-order valence-electron chi connectivity index (χ1n) is 5.77. The fraction of sp³-hybridized carbons (Fsp3) is 0.385. The Balaban J connectivity index is 2.54. The van der Waals surface area contributed by atoms with E-state index in [1.807, 2.05) is 22.6 Å². The molecule has 0 saturated heterocycles. The average molecular weight is 377 g/mol. The van der Waals surface area contributed by atoms with Gasteiger partial charge in [0.2, 0.25) is 5.91 Å². The molecule has 0 heterocycles. The van der Waals surface area contributed by atoms with Gasteiger partial charge in [-0.1, -0.05) is 0 Å². The Morgan fingerprint density at radius 1 is 1.37 bits per heavy atom. The van der Waals surface area contributed by atoms with Crippen LogP contribution < -0.4 is 4.74 Å². The van der Waals surface area contributed by atoms with E-state index in [0.717, 1.165) is 3.57 Å². The minimum Gasteiger partial charge on any atom is -0.493 e. The van der Waals surface area contributed by atoms with Gasteiger partial charge in [0.05, 0.1) is 6.61 Å². The first kappa shape index (κ1) is 15.7. The third-order valence-electron chi connectivity index (χ3n) is 2.46. The smallest absolute Gasteiger partial charge is 0.339 e. The van der Waals surface area contributed by atoms with Crippen molar-refractivity contribution in [3.8, 4) is 5.75 Å². The van der Waals surface area contributed by atoms with E-state index in [1.165, 1.54) is 4.90 Å². The molecule has 1 N–H and O–H groups in total. The van der Waals surface area contributed by atoms with Crippen LogP contribution in [0.1, 0.15) is 23.2 Å². The number of carboxylic acids is 1. The van der Waals surface area contributed by atoms with Gasteiger partial charge in [0.15, 0.2) is 0 Å². The lowest BCUT2D eigenvalue weighted by Crippen LogP contribution is -2.21. The Morgan fingerprint density at radius 2 is 2.05 bits per heavy atom. The third-order valence-corrected chi connectivity index (χ3v) is 3.13. The number of rotatable bonds is 6. The second kappa shape index (κ2) is 7.32. The predicted molar refractivity (Wildman–Crippen MR) is 79.5 cm³/mol. The highest BCUT2D eigenvalue weighted by atomic mass is 127. The van der Waals surface area contributed by atoms with Crippen LogP contribution in [0.5, 0.6) is 5.75 Å². The number of carbonyl (C=O) groups is 2. The lowest BCUT2D eigenvalue weighted by molar-refractivity contribution is -0.128. The molecule has 0 aliphatic rings. The summed E-state index contributed by atoms with van der Waals surface area (Å²) in [5.74, 6) is -0.646. The highest BCUT2D eigenvalue weighted by Gasteiger charge is 2.12. The highest BCUT2D eigenvalue weighted by molar-refractivity contribution is 14.1. The van der Waals surface area contributed by atoms with Gasteiger partial charge < -0.3 is 14.7 Å². The maximum absolute atomic E-state index is 11.3. The van der Waals surface area contributed by atoms with Gasteiger partial charge in [-0.15, -0.1) is 0 Å². The van der Waals surface area contributed by atoms with Crippen LogP contribution in [-0.4, -0.2) is 42.6 Å². The zero-order valence-corrected chi connectivity index (χ0v) is 13.0. The van der Waals surface area contributed by atoms with Crippen LogP contribution in [-0.2, 0) is 4.79 Å². The Bertz CT molecular complexity index is 474. The summed E-state index contributed by atoms with van der Waals surface area (Å²) >= 11 is 2.05. The zero-order valence-electron chi connectivity index (χ0n) is 10.9. The lowest BCUT2D eigenvalue weighted by atomic mass is 10.2. The van der Waals surface area contributed by atoms with Crippen molar-refractivity contribution < 1.29 is 19.4 Å². The minimum atomic E-state index is -1.02. The third kappa shape index (κ3) is 5.06. The van der Waals surface area contributed by atoms with Crippen molar-refractivity contribution in [2.45, 2.75) is 12.8 Å². The standard InChI is InChI=1S/C13H16INO4/c1-15(2)12(16)4-3-7-19-11-6-5-9(14)8-10(11)13(17)18/h5-6,8H,3-4,7H2,1-2H3,(H,17,18). The van der Waals surface area contributed by atoms with Crippen LogP contribution in [0.3, 0.4) is 0 Å². The SMILES string of the molecule is CN(C)C(=O)CCCOc1ccc(I)cc1C(=O)O. The van der Waals surface area contributed by atoms with Crippen molar-refractivity contribution in [2.24, 2.45) is 0 Å². The van der Waals surface area contributed by atoms with Gasteiger partial charge in [0.1, 0.15) is 11.3 Å². The van der Waals surface area contributed by atoms with Crippen LogP contribution in [0.2, 0.25) is 0 Å². The number of ether oxygens (including phenoxy) is 1. The van der Waals surface area contributed by atoms with E-state index in [0.29, 0.717) is 25.2 Å². The first-order valence-corrected chi connectivity index (χ1v) is 6.85. The van der Waals surface area contributed by atoms with E-state index in [-0.39, 0.29) is 11.5 Å². The van der Waals surface area contributed by atoms with Crippen LogP contribution in [0.25, 0.3) is 0 Å². The Kier molecular flexibility index (Phi) is 6.07. The van der Waals surface area contributed by atoms with Crippen LogP contribution >= 0.6 is 22.6 Å². The number of nitrogens with zero attached hydrogens (tertiary/aromatic N) is 1. The highest BCUT2D eigenvalue weighted by Crippen LogP contribution is 2.21. The lowest BCUT2D eigenvalue weighted by Gasteiger charge is -2.11. The summed E-state index contributed by atoms with van der Waals surface area (Å²) in [6.45, 7) is 0.320. The predicted octanol–water partition coefficient (Wildman–Crippen LogP) is 2.24. The van der Waals surface area contributed by atoms with Gasteiger partial charge in [-0.05, 0) is 47.2 Å². The number of benzene rings is 1. The number of hydrogen-bond donors (Lipinski definition) is 1. The topological polar surface area (TPSA) is 66.8 Å². The molecule has 0 aromatic heterocycles. The number of halogens is 1. The molecule has 0 fully saturated rings. The number of aromatic carboxylic acids is 1. The molecule has 1 aromatic rings. The van der Waals surface area contributed by atoms with Gasteiger partial charge in [0.25, 0.3) is 0 Å². The van der Waals surface area contributed by atoms with Gasteiger partial charge >= 0.3 is 5.97 Å². The first-order chi connectivity index (χ1) is 8.91. The molecule has 0 aliphatic heterocycles. The van der Waals surface area contributed by atoms with E-state index in [9.17, 15) is 9.59 Å². The van der Waals surface area contributed by atoms with E-state index in [4.69, 9.17) is 9.84 Å². The molecule has 0 bridgehead atoms. The van der Waals surface area contributed by atoms with Crippen LogP contribution in [0, 0.1) is 3.57 Å². The molecular weight excluding hydrogens is 361 g/mol. The van der Waals surface area contributed by atoms with Crippen molar-refractivity contribution in [1.29, 1.82) is 0 Å². The molecule has 6 heteroatoms. The summed E-state index contributed by atoms with van der Waals surface area (Å²) in [6.07, 6.45) is 0.946. The number of carboxylic acid groups (broad SMARTS) is 1. The number of carbonyl (C=O) groups excluding carboxylic acids is 1. The molecule has 0 atom stereocenters. The average Bonchev–Trinajstić information content (AvgIpc) is 2.35. The molecule has 1 amide bonds. The van der Waals surface area contributed by atoms with Gasteiger partial charge in [-0.3, -0.25) is 4.79 Å². The normalized spacial score (nSPS) is 10.1. The molecule has 0 saturated carbocycles. The molecule has 1 aromatic carbocycles. The Morgan fingerprint density at radius 3 is 2.63 bits per heavy atom. The number of hydrogen-bond acceptors (Lipinski definition) is 3. The van der Waals surface area contributed by atoms with E-state index in [1.54, 1.807) is 32.3 Å². The van der Waals surface area contributed by atoms with E-state index in [2.05, 4.69) is 0 Å². The summed E-state index contributed by atoms with van der Waals surface area (Å²) < 4.78 is 6.27. The van der Waals surface area contributed by atoms with Crippen molar-refractivity contribution >= 4 is 34.5 Å². The van der Waals surface area contributed by atoms with Crippen molar-refractivity contribution in [1.82, 2.24) is 4.90 Å². The van der Waals surface area contributed by atoms with Crippen molar-refractivity contribution in [2.75, 3.05) is 20.7 Å². The van der Waals surface area contributed by atoms with E-state index < -0.39 is 5.97 Å². The minimum absolute atomic E-state index is 0.0321. The largest absolute Gasteiger partial charge is 0.493 e. The molecule has 5 nitrogen and oxygen atoms in total. The molecular formula is C13H16INO4. The number of amides is 1. The monoisotopic (exact) mass is 377 g/mol. The fourth-order valence-corrected chi connectivity index (χ4v) is 1.92. The quantitative estimate of drug-likeness (QED) is 0.610. The maximum Gasteiger partial charge on any atom is 0.339 e. The second-order valence-corrected chi connectivity index (χ2v) is 5.43. The second-order valence-electron chi connectivity index (χ2n) is 4.19. The summed E-state index contributed by atoms with van der Waals surface area (Å²) in [7, 11) is 3.40. The summed E-state index contributed by atoms with van der Waals surface area (Å²) in [5.41, 5.74) is 0.144. The molecule has 1 rings (SSSR count). The van der Waals surface area contributed by atoms with Crippen LogP contribution in [0.4, 0.5) is 0 Å². The molecule has 0 unspecified atom stereocenters. The zero-order chi connectivity index (χ0) is 14.4. The van der Waals surface area contributed by atoms with Gasteiger partial charge in [0, 0.05) is 24.1 Å². The molecule has 0 radical (unpaired) electrons. The molecule has 0 spiro atoms. The maximum atomic E-state index is 11.3. The molecule has 0 aliphatic carbocycles. The summed E-state index contributed by atoms with van der Waals surface area (Å²) in [5, 5.41) is 9.06. The van der Waals surface area contributed by atoms with Crippen molar-refractivity contribution in [3.05, 3.63) is 27.3 Å². The fourth-order valence-electron chi connectivity index (χ4n) is 1.42. The molecule has 19 heavy (non-hydrogen) atoms. The van der Waals surface area contributed by atoms with Crippen molar-refractivity contribution in [3.63, 3.8) is 0 Å². The van der Waals surface area contributed by atoms with E-state index >= 15 is 0 Å². The van der Waals surface area contributed by atoms with Gasteiger partial charge in [-0.2, -0.15) is 0 Å². The van der Waals surface area contributed by atoms with Crippen LogP contribution in [0.15, 0.2) is 18.2 Å². The summed E-state index contributed by atoms with van der Waals surface area (Å²) in [6, 6.07) is 4.98. The summed E-state index contributed by atoms with van der Waals surface area (Å²) in [4.78, 5) is 23.9. The Labute approximate surface area is 125 Å². The molecule has 104 valence electrons. The van der Waals surface area contributed by atoms with Gasteiger partial charge in [-0.25, -0.2) is 4.79 Å². The Hall–Kier alpha value is -1.31.